The Balaban J connectivity index is 2.13. The van der Waals surface area contributed by atoms with Crippen LogP contribution in [0, 0.1) is 0 Å². The van der Waals surface area contributed by atoms with E-state index in [-0.39, 0.29) is 11.4 Å². The Bertz CT molecular complexity index is 185. The molecule has 68 valence electrons. The summed E-state index contributed by atoms with van der Waals surface area (Å²) in [5.74, 6) is 0.234. The topological polar surface area (TPSA) is 41.1 Å². The molecule has 1 atom stereocenters. The molecule has 2 aliphatic rings. The van der Waals surface area contributed by atoms with E-state index in [9.17, 15) is 4.79 Å². The molecule has 2 saturated heterocycles. The molecular formula is C9H16N2O. The molecule has 0 saturated carbocycles. The molecule has 2 aliphatic heterocycles. The van der Waals surface area contributed by atoms with Crippen LogP contribution in [0.4, 0.5) is 0 Å². The van der Waals surface area contributed by atoms with Crippen molar-refractivity contribution in [3.8, 4) is 0 Å². The predicted octanol–water partition coefficient (Wildman–Crippen LogP) is 0.409. The molecule has 2 fully saturated rings. The third-order valence-corrected chi connectivity index (χ3v) is 2.99. The van der Waals surface area contributed by atoms with Gasteiger partial charge in [0.2, 0.25) is 5.91 Å². The van der Waals surface area contributed by atoms with Crippen molar-refractivity contribution in [2.75, 3.05) is 13.1 Å². The van der Waals surface area contributed by atoms with E-state index in [1.165, 1.54) is 6.42 Å². The van der Waals surface area contributed by atoms with E-state index in [4.69, 9.17) is 0 Å². The van der Waals surface area contributed by atoms with Crippen molar-refractivity contribution in [1.29, 1.82) is 0 Å². The minimum atomic E-state index is -0.184. The van der Waals surface area contributed by atoms with E-state index in [2.05, 4.69) is 10.6 Å². The zero-order chi connectivity index (χ0) is 8.44. The van der Waals surface area contributed by atoms with Crippen molar-refractivity contribution >= 4 is 5.91 Å². The molecule has 3 heteroatoms. The zero-order valence-corrected chi connectivity index (χ0v) is 7.36. The Morgan fingerprint density at radius 1 is 1.08 bits per heavy atom. The summed E-state index contributed by atoms with van der Waals surface area (Å²) in [5, 5.41) is 6.33. The fraction of sp³-hybridized carbons (Fsp3) is 0.889. The van der Waals surface area contributed by atoms with Crippen LogP contribution in [0.5, 0.6) is 0 Å². The fourth-order valence-corrected chi connectivity index (χ4v) is 2.25. The van der Waals surface area contributed by atoms with Gasteiger partial charge in [-0.05, 0) is 38.6 Å². The summed E-state index contributed by atoms with van der Waals surface area (Å²) in [5.41, 5.74) is -0.184. The number of carbonyl (C=O) groups excluding carboxylic acids is 1. The van der Waals surface area contributed by atoms with Crippen LogP contribution >= 0.6 is 0 Å². The van der Waals surface area contributed by atoms with Crippen molar-refractivity contribution in [1.82, 2.24) is 10.6 Å². The van der Waals surface area contributed by atoms with Crippen LogP contribution in [0.3, 0.4) is 0 Å². The molecule has 0 aromatic heterocycles. The monoisotopic (exact) mass is 168 g/mol. The highest BCUT2D eigenvalue weighted by molar-refractivity contribution is 5.86. The van der Waals surface area contributed by atoms with Crippen molar-refractivity contribution in [2.24, 2.45) is 0 Å². The molecule has 0 aromatic carbocycles. The van der Waals surface area contributed by atoms with Gasteiger partial charge in [-0.15, -0.1) is 0 Å². The summed E-state index contributed by atoms with van der Waals surface area (Å²) < 4.78 is 0. The number of carbonyl (C=O) groups is 1. The second-order valence-corrected chi connectivity index (χ2v) is 3.83. The minimum absolute atomic E-state index is 0.184. The smallest absolute Gasteiger partial charge is 0.240 e. The third kappa shape index (κ3) is 1.22. The van der Waals surface area contributed by atoms with Gasteiger partial charge in [0, 0.05) is 6.54 Å². The minimum Gasteiger partial charge on any atom is -0.354 e. The zero-order valence-electron chi connectivity index (χ0n) is 7.36. The summed E-state index contributed by atoms with van der Waals surface area (Å²) >= 11 is 0. The first kappa shape index (κ1) is 8.05. The average Bonchev–Trinajstić information content (AvgIpc) is 2.45. The molecule has 0 unspecified atom stereocenters. The van der Waals surface area contributed by atoms with Crippen molar-refractivity contribution < 1.29 is 4.79 Å². The lowest BCUT2D eigenvalue weighted by molar-refractivity contribution is -0.126. The summed E-state index contributed by atoms with van der Waals surface area (Å²) in [6.45, 7) is 1.87. The Morgan fingerprint density at radius 3 is 2.67 bits per heavy atom. The number of rotatable bonds is 0. The molecule has 2 N–H and O–H groups in total. The van der Waals surface area contributed by atoms with Crippen LogP contribution < -0.4 is 10.6 Å². The van der Waals surface area contributed by atoms with Gasteiger partial charge in [0.15, 0.2) is 0 Å². The number of hydrogen-bond acceptors (Lipinski definition) is 2. The van der Waals surface area contributed by atoms with Gasteiger partial charge in [-0.2, -0.15) is 0 Å². The Morgan fingerprint density at radius 2 is 1.92 bits per heavy atom. The molecule has 12 heavy (non-hydrogen) atoms. The molecular weight excluding hydrogens is 152 g/mol. The predicted molar refractivity (Wildman–Crippen MR) is 46.8 cm³/mol. The van der Waals surface area contributed by atoms with Gasteiger partial charge in [0.25, 0.3) is 0 Å². The maximum atomic E-state index is 11.7. The lowest BCUT2D eigenvalue weighted by Crippen LogP contribution is -2.52. The highest BCUT2D eigenvalue weighted by atomic mass is 16.2. The maximum absolute atomic E-state index is 11.7. The van der Waals surface area contributed by atoms with Gasteiger partial charge in [-0.3, -0.25) is 4.79 Å². The molecule has 1 amide bonds. The first-order chi connectivity index (χ1) is 5.83. The number of amides is 1. The van der Waals surface area contributed by atoms with Gasteiger partial charge < -0.3 is 10.6 Å². The van der Waals surface area contributed by atoms with Gasteiger partial charge >= 0.3 is 0 Å². The highest BCUT2D eigenvalue weighted by Crippen LogP contribution is 2.26. The van der Waals surface area contributed by atoms with Gasteiger partial charge in [0.05, 0.1) is 5.54 Å². The fourth-order valence-electron chi connectivity index (χ4n) is 2.25. The Kier molecular flexibility index (Phi) is 2.05. The van der Waals surface area contributed by atoms with Crippen molar-refractivity contribution in [3.63, 3.8) is 0 Å². The largest absolute Gasteiger partial charge is 0.354 e. The second kappa shape index (κ2) is 3.05. The quantitative estimate of drug-likeness (QED) is 0.550. The van der Waals surface area contributed by atoms with Gasteiger partial charge in [0.1, 0.15) is 0 Å². The molecule has 0 aliphatic carbocycles. The average molecular weight is 168 g/mol. The van der Waals surface area contributed by atoms with E-state index < -0.39 is 0 Å². The van der Waals surface area contributed by atoms with Crippen molar-refractivity contribution in [2.45, 2.75) is 37.6 Å². The van der Waals surface area contributed by atoms with Crippen molar-refractivity contribution in [3.05, 3.63) is 0 Å². The first-order valence-corrected chi connectivity index (χ1v) is 4.87. The highest BCUT2D eigenvalue weighted by Gasteiger charge is 2.40. The molecule has 0 radical (unpaired) electrons. The Hall–Kier alpha value is -0.570. The van der Waals surface area contributed by atoms with E-state index in [1.54, 1.807) is 0 Å². The number of nitrogens with one attached hydrogen (secondary N) is 2. The lowest BCUT2D eigenvalue weighted by atomic mass is 9.91. The van der Waals surface area contributed by atoms with Crippen LogP contribution in [0.2, 0.25) is 0 Å². The van der Waals surface area contributed by atoms with Crippen LogP contribution in [0.25, 0.3) is 0 Å². The third-order valence-electron chi connectivity index (χ3n) is 2.99. The van der Waals surface area contributed by atoms with E-state index in [0.717, 1.165) is 38.8 Å². The van der Waals surface area contributed by atoms with Crippen LogP contribution in [0.15, 0.2) is 0 Å². The van der Waals surface area contributed by atoms with E-state index in [0.29, 0.717) is 0 Å². The second-order valence-electron chi connectivity index (χ2n) is 3.83. The molecule has 2 heterocycles. The normalized spacial score (nSPS) is 36.5. The summed E-state index contributed by atoms with van der Waals surface area (Å²) in [4.78, 5) is 11.7. The lowest BCUT2D eigenvalue weighted by Gasteiger charge is -2.25. The van der Waals surface area contributed by atoms with Gasteiger partial charge in [-0.1, -0.05) is 0 Å². The molecule has 0 aromatic rings. The standard InChI is InChI=1S/C9H16N2O/c12-8-9(5-3-7-11-9)4-1-2-6-10-8/h11H,1-7H2,(H,10,12)/t9-/m0/s1. The summed E-state index contributed by atoms with van der Waals surface area (Å²) in [6.07, 6.45) is 5.51. The molecule has 3 nitrogen and oxygen atoms in total. The van der Waals surface area contributed by atoms with Crippen LogP contribution in [-0.2, 0) is 4.79 Å². The molecule has 2 rings (SSSR count). The van der Waals surface area contributed by atoms with E-state index >= 15 is 0 Å². The molecule has 1 spiro atoms. The molecule has 0 bridgehead atoms. The van der Waals surface area contributed by atoms with Gasteiger partial charge in [-0.25, -0.2) is 0 Å². The SMILES string of the molecule is O=C1NCCCC[C@]12CCCN2. The summed E-state index contributed by atoms with van der Waals surface area (Å²) in [6, 6.07) is 0. The Labute approximate surface area is 72.9 Å². The van der Waals surface area contributed by atoms with Crippen LogP contribution in [0.1, 0.15) is 32.1 Å². The summed E-state index contributed by atoms with van der Waals surface area (Å²) in [7, 11) is 0. The number of hydrogen-bond donors (Lipinski definition) is 2. The van der Waals surface area contributed by atoms with Crippen LogP contribution in [-0.4, -0.2) is 24.5 Å². The maximum Gasteiger partial charge on any atom is 0.240 e. The first-order valence-electron chi connectivity index (χ1n) is 4.87. The van der Waals surface area contributed by atoms with E-state index in [1.807, 2.05) is 0 Å².